The number of aromatic nitrogens is 2. The number of benzene rings is 2. The molecule has 0 spiro atoms. The number of aryl methyl sites for hydroxylation is 1. The van der Waals surface area contributed by atoms with Gasteiger partial charge in [0.05, 0.1) is 12.7 Å². The Morgan fingerprint density at radius 2 is 1.90 bits per heavy atom. The highest BCUT2D eigenvalue weighted by molar-refractivity contribution is 7.05. The Morgan fingerprint density at radius 3 is 2.55 bits per heavy atom. The second-order valence-electron chi connectivity index (χ2n) is 4.33. The number of rotatable bonds is 2. The van der Waals surface area contributed by atoms with Crippen molar-refractivity contribution in [3.05, 3.63) is 47.0 Å². The Morgan fingerprint density at radius 1 is 1.15 bits per heavy atom. The van der Waals surface area contributed by atoms with E-state index in [0.29, 0.717) is 11.4 Å². The minimum atomic E-state index is -0.338. The Kier molecular flexibility index (Phi) is 3.20. The van der Waals surface area contributed by atoms with Crippen molar-refractivity contribution in [2.24, 2.45) is 0 Å². The van der Waals surface area contributed by atoms with Crippen LogP contribution in [0.5, 0.6) is 0 Å². The van der Waals surface area contributed by atoms with Crippen LogP contribution in [0.15, 0.2) is 36.4 Å². The van der Waals surface area contributed by atoms with E-state index in [0.717, 1.165) is 21.3 Å². The normalized spacial score (nSPS) is 10.7. The molecule has 0 unspecified atom stereocenters. The summed E-state index contributed by atoms with van der Waals surface area (Å²) in [6, 6.07) is 11.3. The summed E-state index contributed by atoms with van der Waals surface area (Å²) in [4.78, 5) is 16.2. The van der Waals surface area contributed by atoms with Gasteiger partial charge < -0.3 is 4.74 Å². The average molecular weight is 284 g/mol. The van der Waals surface area contributed by atoms with Crippen molar-refractivity contribution < 1.29 is 9.53 Å². The van der Waals surface area contributed by atoms with E-state index in [1.54, 1.807) is 6.07 Å². The molecule has 0 N–H and O–H groups in total. The summed E-state index contributed by atoms with van der Waals surface area (Å²) in [7, 11) is 1.39. The van der Waals surface area contributed by atoms with E-state index in [4.69, 9.17) is 4.74 Å². The third-order valence-electron chi connectivity index (χ3n) is 3.10. The molecule has 1 aromatic heterocycles. The smallest absolute Gasteiger partial charge is 0.338 e. The molecule has 100 valence electrons. The van der Waals surface area contributed by atoms with E-state index < -0.39 is 0 Å². The molecule has 1 heterocycles. The van der Waals surface area contributed by atoms with Crippen molar-refractivity contribution in [3.63, 3.8) is 0 Å². The Hall–Kier alpha value is -2.27. The second-order valence-corrected chi connectivity index (χ2v) is 5.29. The van der Waals surface area contributed by atoms with Crippen molar-refractivity contribution in [3.8, 4) is 11.4 Å². The summed E-state index contributed by atoms with van der Waals surface area (Å²) in [5.74, 6) is 0.357. The van der Waals surface area contributed by atoms with Gasteiger partial charge in [-0.1, -0.05) is 24.3 Å². The van der Waals surface area contributed by atoms with Gasteiger partial charge in [-0.05, 0) is 41.4 Å². The van der Waals surface area contributed by atoms with Crippen LogP contribution in [0.2, 0.25) is 0 Å². The molecule has 0 aliphatic heterocycles. The SMILES string of the molecule is COC(=O)c1ccc(-c2nsc(C)n2)c2ccccc12. The standard InChI is InChI=1S/C15H12N2O2S/c1-9-16-14(17-20-9)12-7-8-13(15(18)19-2)11-6-4-3-5-10(11)12/h3-8H,1-2H3. The van der Waals surface area contributed by atoms with Gasteiger partial charge >= 0.3 is 5.97 Å². The largest absolute Gasteiger partial charge is 0.465 e. The van der Waals surface area contributed by atoms with Gasteiger partial charge in [-0.3, -0.25) is 0 Å². The lowest BCUT2D eigenvalue weighted by Gasteiger charge is -2.08. The van der Waals surface area contributed by atoms with Gasteiger partial charge in [0.15, 0.2) is 5.82 Å². The van der Waals surface area contributed by atoms with E-state index in [1.165, 1.54) is 18.6 Å². The zero-order valence-corrected chi connectivity index (χ0v) is 11.9. The molecule has 0 atom stereocenters. The van der Waals surface area contributed by atoms with E-state index in [2.05, 4.69) is 9.36 Å². The first-order valence-electron chi connectivity index (χ1n) is 6.11. The number of ether oxygens (including phenoxy) is 1. The number of hydrogen-bond donors (Lipinski definition) is 0. The predicted molar refractivity (Wildman–Crippen MR) is 78.9 cm³/mol. The van der Waals surface area contributed by atoms with Gasteiger partial charge in [-0.25, -0.2) is 9.78 Å². The van der Waals surface area contributed by atoms with E-state index in [9.17, 15) is 4.79 Å². The fraction of sp³-hybridized carbons (Fsp3) is 0.133. The van der Waals surface area contributed by atoms with Crippen LogP contribution < -0.4 is 0 Å². The molecule has 0 bridgehead atoms. The molecule has 20 heavy (non-hydrogen) atoms. The summed E-state index contributed by atoms with van der Waals surface area (Å²) in [5.41, 5.74) is 1.48. The minimum Gasteiger partial charge on any atom is -0.465 e. The van der Waals surface area contributed by atoms with E-state index >= 15 is 0 Å². The van der Waals surface area contributed by atoms with Crippen LogP contribution in [-0.2, 0) is 4.74 Å². The number of esters is 1. The first kappa shape index (κ1) is 12.7. The van der Waals surface area contributed by atoms with Crippen LogP contribution in [0.25, 0.3) is 22.2 Å². The molecule has 0 fully saturated rings. The summed E-state index contributed by atoms with van der Waals surface area (Å²) in [6.07, 6.45) is 0. The first-order chi connectivity index (χ1) is 9.70. The van der Waals surface area contributed by atoms with Crippen molar-refractivity contribution in [1.29, 1.82) is 0 Å². The van der Waals surface area contributed by atoms with Crippen LogP contribution >= 0.6 is 11.5 Å². The van der Waals surface area contributed by atoms with Crippen LogP contribution in [0.4, 0.5) is 0 Å². The maximum Gasteiger partial charge on any atom is 0.338 e. The van der Waals surface area contributed by atoms with Crippen molar-refractivity contribution in [2.45, 2.75) is 6.92 Å². The third kappa shape index (κ3) is 2.06. The maximum absolute atomic E-state index is 11.8. The summed E-state index contributed by atoms with van der Waals surface area (Å²) in [5, 5.41) is 2.72. The Labute approximate surface area is 120 Å². The van der Waals surface area contributed by atoms with Crippen LogP contribution in [0, 0.1) is 6.92 Å². The zero-order valence-electron chi connectivity index (χ0n) is 11.1. The fourth-order valence-electron chi connectivity index (χ4n) is 2.19. The van der Waals surface area contributed by atoms with Gasteiger partial charge in [0.2, 0.25) is 0 Å². The highest BCUT2D eigenvalue weighted by atomic mass is 32.1. The fourth-order valence-corrected chi connectivity index (χ4v) is 2.68. The molecule has 2 aromatic carbocycles. The molecule has 0 saturated heterocycles. The zero-order chi connectivity index (χ0) is 14.1. The quantitative estimate of drug-likeness (QED) is 0.676. The van der Waals surface area contributed by atoms with Crippen LogP contribution in [0.1, 0.15) is 15.4 Å². The Balaban J connectivity index is 2.29. The average Bonchev–Trinajstić information content (AvgIpc) is 2.91. The van der Waals surface area contributed by atoms with Crippen LogP contribution in [0.3, 0.4) is 0 Å². The molecule has 3 rings (SSSR count). The number of fused-ring (bicyclic) bond motifs is 1. The molecule has 3 aromatic rings. The molecule has 5 heteroatoms. The molecule has 0 aliphatic carbocycles. The third-order valence-corrected chi connectivity index (χ3v) is 3.72. The highest BCUT2D eigenvalue weighted by Crippen LogP contribution is 2.30. The van der Waals surface area contributed by atoms with Gasteiger partial charge in [-0.15, -0.1) is 0 Å². The lowest BCUT2D eigenvalue weighted by Crippen LogP contribution is -2.02. The number of methoxy groups -OCH3 is 1. The molecular weight excluding hydrogens is 272 g/mol. The monoisotopic (exact) mass is 284 g/mol. The summed E-state index contributed by atoms with van der Waals surface area (Å²) in [6.45, 7) is 1.92. The van der Waals surface area contributed by atoms with Crippen molar-refractivity contribution in [1.82, 2.24) is 9.36 Å². The number of carbonyl (C=O) groups excluding carboxylic acids is 1. The second kappa shape index (κ2) is 5.02. The van der Waals surface area contributed by atoms with Gasteiger partial charge in [0, 0.05) is 5.56 Å². The highest BCUT2D eigenvalue weighted by Gasteiger charge is 2.15. The topological polar surface area (TPSA) is 52.1 Å². The number of carbonyl (C=O) groups is 1. The molecule has 4 nitrogen and oxygen atoms in total. The number of hydrogen-bond acceptors (Lipinski definition) is 5. The molecule has 0 amide bonds. The van der Waals surface area contributed by atoms with Gasteiger partial charge in [0.25, 0.3) is 0 Å². The molecular formula is C15H12N2O2S. The minimum absolute atomic E-state index is 0.338. The predicted octanol–water partition coefficient (Wildman–Crippen LogP) is 3.45. The summed E-state index contributed by atoms with van der Waals surface area (Å²) >= 11 is 1.37. The molecule has 0 saturated carbocycles. The first-order valence-corrected chi connectivity index (χ1v) is 6.89. The number of nitrogens with zero attached hydrogens (tertiary/aromatic N) is 2. The molecule has 0 radical (unpaired) electrons. The van der Waals surface area contributed by atoms with E-state index in [-0.39, 0.29) is 5.97 Å². The maximum atomic E-state index is 11.8. The van der Waals surface area contributed by atoms with Gasteiger partial charge in [0.1, 0.15) is 5.01 Å². The Bertz CT molecular complexity index is 795. The lowest BCUT2D eigenvalue weighted by molar-refractivity contribution is 0.0603. The van der Waals surface area contributed by atoms with Crippen molar-refractivity contribution >= 4 is 28.3 Å². The van der Waals surface area contributed by atoms with Crippen LogP contribution in [-0.4, -0.2) is 22.4 Å². The van der Waals surface area contributed by atoms with Gasteiger partial charge in [-0.2, -0.15) is 4.37 Å². The van der Waals surface area contributed by atoms with E-state index in [1.807, 2.05) is 37.3 Å². The summed E-state index contributed by atoms with van der Waals surface area (Å²) < 4.78 is 9.17. The van der Waals surface area contributed by atoms with Crippen molar-refractivity contribution in [2.75, 3.05) is 7.11 Å². The molecule has 0 aliphatic rings. The lowest BCUT2D eigenvalue weighted by atomic mass is 9.99.